The number of rotatable bonds is 4. The maximum Gasteiger partial charge on any atom is 0.305 e. The summed E-state index contributed by atoms with van der Waals surface area (Å²) in [5.74, 6) is -1.21. The fourth-order valence-electron chi connectivity index (χ4n) is 1.13. The molecule has 0 aliphatic heterocycles. The van der Waals surface area contributed by atoms with Gasteiger partial charge in [-0.3, -0.25) is 9.59 Å². The molecule has 0 bridgehead atoms. The summed E-state index contributed by atoms with van der Waals surface area (Å²) >= 11 is 2.51. The summed E-state index contributed by atoms with van der Waals surface area (Å²) in [5, 5.41) is 16.5. The van der Waals surface area contributed by atoms with Crippen LogP contribution in [0.1, 0.15) is 16.8 Å². The zero-order valence-electron chi connectivity index (χ0n) is 7.97. The molecule has 16 heavy (non-hydrogen) atoms. The minimum atomic E-state index is -0.935. The molecule has 0 saturated heterocycles. The number of thiophene rings is 1. The lowest BCUT2D eigenvalue weighted by Crippen LogP contribution is -2.25. The fourth-order valence-corrected chi connectivity index (χ4v) is 2.84. The lowest BCUT2D eigenvalue weighted by molar-refractivity contribution is -0.136. The molecule has 6 nitrogen and oxygen atoms in total. The first-order chi connectivity index (χ1) is 7.68. The number of aliphatic carboxylic acids is 1. The molecule has 0 aromatic carbocycles. The summed E-state index contributed by atoms with van der Waals surface area (Å²) in [7, 11) is 0. The second kappa shape index (κ2) is 4.54. The number of nitrogens with one attached hydrogen (secondary N) is 1. The minimum Gasteiger partial charge on any atom is -0.481 e. The lowest BCUT2D eigenvalue weighted by Gasteiger charge is -2.00. The van der Waals surface area contributed by atoms with Crippen molar-refractivity contribution in [3.63, 3.8) is 0 Å². The van der Waals surface area contributed by atoms with Crippen LogP contribution in [0.15, 0.2) is 5.38 Å². The smallest absolute Gasteiger partial charge is 0.305 e. The van der Waals surface area contributed by atoms with Crippen LogP contribution < -0.4 is 5.32 Å². The van der Waals surface area contributed by atoms with E-state index in [1.807, 2.05) is 0 Å². The fraction of sp³-hybridized carbons (Fsp3) is 0.250. The van der Waals surface area contributed by atoms with E-state index in [2.05, 4.69) is 14.9 Å². The summed E-state index contributed by atoms with van der Waals surface area (Å²) in [6.07, 6.45) is -0.0834. The van der Waals surface area contributed by atoms with Crippen molar-refractivity contribution in [2.75, 3.05) is 6.54 Å². The highest BCUT2D eigenvalue weighted by molar-refractivity contribution is 7.24. The first-order valence-electron chi connectivity index (χ1n) is 4.38. The van der Waals surface area contributed by atoms with E-state index < -0.39 is 5.97 Å². The molecule has 0 aliphatic carbocycles. The Bertz CT molecular complexity index is 533. The Hall–Kier alpha value is -1.54. The normalized spacial score (nSPS) is 10.5. The van der Waals surface area contributed by atoms with Crippen LogP contribution in [-0.2, 0) is 4.79 Å². The number of carboxylic acids is 1. The Kier molecular flexibility index (Phi) is 3.11. The molecular weight excluding hydrogens is 250 g/mol. The van der Waals surface area contributed by atoms with E-state index in [0.717, 1.165) is 21.1 Å². The van der Waals surface area contributed by atoms with Gasteiger partial charge >= 0.3 is 5.97 Å². The maximum absolute atomic E-state index is 11.7. The quantitative estimate of drug-likeness (QED) is 0.851. The molecule has 0 radical (unpaired) electrons. The van der Waals surface area contributed by atoms with Gasteiger partial charge in [-0.15, -0.1) is 16.4 Å². The molecule has 2 rings (SSSR count). The van der Waals surface area contributed by atoms with E-state index in [-0.39, 0.29) is 18.9 Å². The Balaban J connectivity index is 2.05. The number of carboxylic acid groups (broad SMARTS) is 1. The summed E-state index contributed by atoms with van der Waals surface area (Å²) in [5.41, 5.74) is 0.514. The van der Waals surface area contributed by atoms with Crippen LogP contribution in [0.25, 0.3) is 9.53 Å². The number of carbonyl (C=O) groups is 2. The van der Waals surface area contributed by atoms with Gasteiger partial charge in [-0.05, 0) is 11.5 Å². The number of amides is 1. The standard InChI is InChI=1S/C8H7N3O3S2/c12-5(13)1-2-9-7(14)4-3-15-8-6(4)16-11-10-8/h3H,1-2H2,(H,9,14)(H,12,13). The molecule has 8 heteroatoms. The highest BCUT2D eigenvalue weighted by Gasteiger charge is 2.14. The van der Waals surface area contributed by atoms with Gasteiger partial charge in [0.05, 0.1) is 16.7 Å². The SMILES string of the molecule is O=C(O)CCNC(=O)c1csc2nnsc12. The molecule has 2 N–H and O–H groups in total. The molecule has 0 saturated carbocycles. The highest BCUT2D eigenvalue weighted by atomic mass is 32.1. The van der Waals surface area contributed by atoms with E-state index in [4.69, 9.17) is 5.11 Å². The molecule has 1 amide bonds. The summed E-state index contributed by atoms with van der Waals surface area (Å²) in [4.78, 5) is 22.7. The molecule has 2 aromatic rings. The second-order valence-electron chi connectivity index (χ2n) is 2.96. The van der Waals surface area contributed by atoms with Crippen LogP contribution in [0, 0.1) is 0 Å². The van der Waals surface area contributed by atoms with Gasteiger partial charge in [-0.25, -0.2) is 0 Å². The van der Waals surface area contributed by atoms with Gasteiger partial charge in [0.15, 0.2) is 4.83 Å². The third-order valence-corrected chi connectivity index (χ3v) is 3.61. The van der Waals surface area contributed by atoms with Crippen molar-refractivity contribution in [3.8, 4) is 0 Å². The number of fused-ring (bicyclic) bond motifs is 1. The molecule has 2 heterocycles. The van der Waals surface area contributed by atoms with Gasteiger partial charge in [0.2, 0.25) is 0 Å². The Morgan fingerprint density at radius 3 is 3.06 bits per heavy atom. The highest BCUT2D eigenvalue weighted by Crippen LogP contribution is 2.26. The molecular formula is C8H7N3O3S2. The van der Waals surface area contributed by atoms with E-state index in [1.54, 1.807) is 5.38 Å². The number of nitrogens with zero attached hydrogens (tertiary/aromatic N) is 2. The number of hydrogen-bond donors (Lipinski definition) is 2. The number of hydrogen-bond acceptors (Lipinski definition) is 6. The summed E-state index contributed by atoms with van der Waals surface area (Å²) in [6.45, 7) is 0.123. The van der Waals surface area contributed by atoms with E-state index in [0.29, 0.717) is 5.56 Å². The van der Waals surface area contributed by atoms with Crippen LogP contribution in [0.5, 0.6) is 0 Å². The van der Waals surface area contributed by atoms with Crippen molar-refractivity contribution in [3.05, 3.63) is 10.9 Å². The summed E-state index contributed by atoms with van der Waals surface area (Å²) < 4.78 is 4.49. The predicted octanol–water partition coefficient (Wildman–Crippen LogP) is 0.957. The van der Waals surface area contributed by atoms with Crippen molar-refractivity contribution in [2.45, 2.75) is 6.42 Å². The number of carbonyl (C=O) groups excluding carboxylic acids is 1. The van der Waals surface area contributed by atoms with Crippen molar-refractivity contribution >= 4 is 44.3 Å². The molecule has 2 aromatic heterocycles. The Labute approximate surface area is 98.1 Å². The van der Waals surface area contributed by atoms with Crippen molar-refractivity contribution in [2.24, 2.45) is 0 Å². The first kappa shape index (κ1) is 11.0. The summed E-state index contributed by atoms with van der Waals surface area (Å²) in [6, 6.07) is 0. The zero-order chi connectivity index (χ0) is 11.5. The zero-order valence-corrected chi connectivity index (χ0v) is 9.60. The van der Waals surface area contributed by atoms with Gasteiger partial charge in [-0.1, -0.05) is 4.49 Å². The van der Waals surface area contributed by atoms with Gasteiger partial charge in [-0.2, -0.15) is 0 Å². The van der Waals surface area contributed by atoms with Gasteiger partial charge in [0.25, 0.3) is 5.91 Å². The largest absolute Gasteiger partial charge is 0.481 e. The average Bonchev–Trinajstić information content (AvgIpc) is 2.76. The van der Waals surface area contributed by atoms with Gasteiger partial charge in [0, 0.05) is 11.9 Å². The molecule has 0 spiro atoms. The minimum absolute atomic E-state index is 0.0834. The van der Waals surface area contributed by atoms with E-state index >= 15 is 0 Å². The molecule has 0 fully saturated rings. The van der Waals surface area contributed by atoms with Gasteiger partial charge in [0.1, 0.15) is 0 Å². The molecule has 84 valence electrons. The average molecular weight is 257 g/mol. The Morgan fingerprint density at radius 1 is 1.50 bits per heavy atom. The topological polar surface area (TPSA) is 92.2 Å². The Morgan fingerprint density at radius 2 is 2.31 bits per heavy atom. The van der Waals surface area contributed by atoms with Crippen LogP contribution in [0.2, 0.25) is 0 Å². The third-order valence-electron chi connectivity index (χ3n) is 1.86. The molecule has 0 aliphatic rings. The van der Waals surface area contributed by atoms with Crippen molar-refractivity contribution in [1.82, 2.24) is 14.9 Å². The van der Waals surface area contributed by atoms with Crippen LogP contribution in [-0.4, -0.2) is 33.1 Å². The molecule has 0 atom stereocenters. The monoisotopic (exact) mass is 257 g/mol. The van der Waals surface area contributed by atoms with Crippen molar-refractivity contribution < 1.29 is 14.7 Å². The van der Waals surface area contributed by atoms with Crippen LogP contribution in [0.4, 0.5) is 0 Å². The van der Waals surface area contributed by atoms with E-state index in [9.17, 15) is 9.59 Å². The van der Waals surface area contributed by atoms with Gasteiger partial charge < -0.3 is 10.4 Å². The second-order valence-corrected chi connectivity index (χ2v) is 4.57. The maximum atomic E-state index is 11.7. The van der Waals surface area contributed by atoms with Crippen molar-refractivity contribution in [1.29, 1.82) is 0 Å². The third kappa shape index (κ3) is 2.17. The van der Waals surface area contributed by atoms with Crippen LogP contribution in [0.3, 0.4) is 0 Å². The van der Waals surface area contributed by atoms with Crippen LogP contribution >= 0.6 is 22.9 Å². The number of aromatic nitrogens is 2. The first-order valence-corrected chi connectivity index (χ1v) is 6.03. The van der Waals surface area contributed by atoms with E-state index in [1.165, 1.54) is 11.3 Å². The predicted molar refractivity (Wildman–Crippen MR) is 59.9 cm³/mol. The molecule has 0 unspecified atom stereocenters. The lowest BCUT2D eigenvalue weighted by atomic mass is 10.3.